The lowest BCUT2D eigenvalue weighted by Crippen LogP contribution is -1.88. The summed E-state index contributed by atoms with van der Waals surface area (Å²) in [5.41, 5.74) is 2.39. The molecule has 0 unspecified atom stereocenters. The number of nitro groups is 1. The zero-order valence-electron chi connectivity index (χ0n) is 10.2. The van der Waals surface area contributed by atoms with Crippen molar-refractivity contribution in [3.05, 3.63) is 82.4 Å². The van der Waals surface area contributed by atoms with E-state index in [0.29, 0.717) is 5.57 Å². The Hall–Kier alpha value is -2.86. The number of hydrogen-bond donors (Lipinski definition) is 0. The Morgan fingerprint density at radius 1 is 1.05 bits per heavy atom. The zero-order chi connectivity index (χ0) is 13.7. The van der Waals surface area contributed by atoms with Gasteiger partial charge in [-0.2, -0.15) is 0 Å². The van der Waals surface area contributed by atoms with Crippen LogP contribution in [-0.2, 0) is 0 Å². The van der Waals surface area contributed by atoms with Crippen LogP contribution >= 0.6 is 0 Å². The molecule has 3 heteroatoms. The standard InChI is InChI=1S/C16H11NO2/c1-13(7-8-14-5-3-2-4-6-14)15-9-11-16(12-10-15)17(18)19/h2-6,9-12H,1H2. The topological polar surface area (TPSA) is 43.1 Å². The normalized spacial score (nSPS) is 9.26. The van der Waals surface area contributed by atoms with Gasteiger partial charge in [0.05, 0.1) is 4.92 Å². The van der Waals surface area contributed by atoms with Gasteiger partial charge in [-0.05, 0) is 29.8 Å². The van der Waals surface area contributed by atoms with E-state index in [9.17, 15) is 10.1 Å². The molecule has 0 fully saturated rings. The van der Waals surface area contributed by atoms with Crippen LogP contribution < -0.4 is 0 Å². The molecule has 0 radical (unpaired) electrons. The Labute approximate surface area is 111 Å². The molecule has 0 aromatic heterocycles. The maximum atomic E-state index is 10.5. The number of non-ortho nitro benzene ring substituents is 1. The van der Waals surface area contributed by atoms with Gasteiger partial charge in [-0.25, -0.2) is 0 Å². The third-order valence-corrected chi connectivity index (χ3v) is 2.56. The molecule has 19 heavy (non-hydrogen) atoms. The predicted octanol–water partition coefficient (Wildman–Crippen LogP) is 3.66. The van der Waals surface area contributed by atoms with Crippen LogP contribution in [0.15, 0.2) is 61.2 Å². The van der Waals surface area contributed by atoms with E-state index in [1.165, 1.54) is 12.1 Å². The molecule has 0 aliphatic rings. The van der Waals surface area contributed by atoms with E-state index in [1.54, 1.807) is 12.1 Å². The second kappa shape index (κ2) is 5.65. The number of nitro benzene ring substituents is 1. The first-order chi connectivity index (χ1) is 9.16. The first-order valence-electron chi connectivity index (χ1n) is 5.67. The summed E-state index contributed by atoms with van der Waals surface area (Å²) in [5, 5.41) is 10.5. The molecule has 3 nitrogen and oxygen atoms in total. The minimum Gasteiger partial charge on any atom is -0.258 e. The summed E-state index contributed by atoms with van der Waals surface area (Å²) in [5.74, 6) is 5.95. The third kappa shape index (κ3) is 3.30. The fourth-order valence-corrected chi connectivity index (χ4v) is 1.53. The summed E-state index contributed by atoms with van der Waals surface area (Å²) in [4.78, 5) is 10.1. The van der Waals surface area contributed by atoms with Gasteiger partial charge in [0.1, 0.15) is 0 Å². The summed E-state index contributed by atoms with van der Waals surface area (Å²) in [6.45, 7) is 3.87. The lowest BCUT2D eigenvalue weighted by Gasteiger charge is -1.97. The van der Waals surface area contributed by atoms with Gasteiger partial charge in [0.25, 0.3) is 5.69 Å². The van der Waals surface area contributed by atoms with E-state index in [2.05, 4.69) is 18.4 Å². The molecule has 2 aromatic rings. The second-order valence-electron chi connectivity index (χ2n) is 3.90. The van der Waals surface area contributed by atoms with Gasteiger partial charge in [-0.3, -0.25) is 10.1 Å². The fourth-order valence-electron chi connectivity index (χ4n) is 1.53. The van der Waals surface area contributed by atoms with Crippen LogP contribution in [0.25, 0.3) is 5.57 Å². The van der Waals surface area contributed by atoms with E-state index in [4.69, 9.17) is 0 Å². The largest absolute Gasteiger partial charge is 0.269 e. The molecule has 2 rings (SSSR count). The lowest BCUT2D eigenvalue weighted by molar-refractivity contribution is -0.384. The average molecular weight is 249 g/mol. The molecule has 2 aromatic carbocycles. The van der Waals surface area contributed by atoms with Gasteiger partial charge >= 0.3 is 0 Å². The lowest BCUT2D eigenvalue weighted by atomic mass is 10.1. The van der Waals surface area contributed by atoms with Gasteiger partial charge in [0.15, 0.2) is 0 Å². The second-order valence-corrected chi connectivity index (χ2v) is 3.90. The van der Waals surface area contributed by atoms with E-state index in [1.807, 2.05) is 30.3 Å². The molecule has 0 amide bonds. The molecule has 0 N–H and O–H groups in total. The molecule has 0 spiro atoms. The summed E-state index contributed by atoms with van der Waals surface area (Å²) in [6.07, 6.45) is 0. The molecule has 0 bridgehead atoms. The molecule has 0 aliphatic carbocycles. The van der Waals surface area contributed by atoms with Crippen molar-refractivity contribution in [1.29, 1.82) is 0 Å². The highest BCUT2D eigenvalue weighted by Crippen LogP contribution is 2.17. The van der Waals surface area contributed by atoms with Gasteiger partial charge in [-0.15, -0.1) is 0 Å². The molecule has 92 valence electrons. The third-order valence-electron chi connectivity index (χ3n) is 2.56. The average Bonchev–Trinajstić information content (AvgIpc) is 2.46. The Balaban J connectivity index is 2.17. The Kier molecular flexibility index (Phi) is 3.75. The number of allylic oxidation sites excluding steroid dienone is 1. The summed E-state index contributed by atoms with van der Waals surface area (Å²) >= 11 is 0. The van der Waals surface area contributed by atoms with Crippen LogP contribution in [0.4, 0.5) is 5.69 Å². The number of nitrogens with zero attached hydrogens (tertiary/aromatic N) is 1. The minimum absolute atomic E-state index is 0.0626. The summed E-state index contributed by atoms with van der Waals surface area (Å²) < 4.78 is 0. The van der Waals surface area contributed by atoms with Crippen LogP contribution in [0, 0.1) is 22.0 Å². The predicted molar refractivity (Wildman–Crippen MR) is 75.5 cm³/mol. The van der Waals surface area contributed by atoms with Crippen molar-refractivity contribution < 1.29 is 4.92 Å². The van der Waals surface area contributed by atoms with Crippen molar-refractivity contribution in [2.24, 2.45) is 0 Å². The Morgan fingerprint density at radius 2 is 1.68 bits per heavy atom. The molecular weight excluding hydrogens is 238 g/mol. The van der Waals surface area contributed by atoms with Gasteiger partial charge < -0.3 is 0 Å². The van der Waals surface area contributed by atoms with Crippen LogP contribution in [0.1, 0.15) is 11.1 Å². The quantitative estimate of drug-likeness (QED) is 0.463. The fraction of sp³-hybridized carbons (Fsp3) is 0. The number of hydrogen-bond acceptors (Lipinski definition) is 2. The van der Waals surface area contributed by atoms with Crippen LogP contribution in [0.2, 0.25) is 0 Å². The van der Waals surface area contributed by atoms with Crippen molar-refractivity contribution in [3.63, 3.8) is 0 Å². The van der Waals surface area contributed by atoms with Gasteiger partial charge in [-0.1, -0.05) is 36.6 Å². The summed E-state index contributed by atoms with van der Waals surface area (Å²) in [7, 11) is 0. The number of benzene rings is 2. The van der Waals surface area contributed by atoms with Gasteiger partial charge in [0.2, 0.25) is 0 Å². The molecule has 0 saturated heterocycles. The first kappa shape index (κ1) is 12.6. The monoisotopic (exact) mass is 249 g/mol. The van der Waals surface area contributed by atoms with E-state index >= 15 is 0 Å². The maximum absolute atomic E-state index is 10.5. The SMILES string of the molecule is C=C(C#Cc1ccccc1)c1ccc([N+](=O)[O-])cc1. The van der Waals surface area contributed by atoms with Crippen LogP contribution in [0.5, 0.6) is 0 Å². The highest BCUT2D eigenvalue weighted by atomic mass is 16.6. The molecule has 0 saturated carbocycles. The van der Waals surface area contributed by atoms with E-state index < -0.39 is 4.92 Å². The van der Waals surface area contributed by atoms with E-state index in [-0.39, 0.29) is 5.69 Å². The van der Waals surface area contributed by atoms with Crippen LogP contribution in [-0.4, -0.2) is 4.92 Å². The zero-order valence-corrected chi connectivity index (χ0v) is 10.2. The van der Waals surface area contributed by atoms with Crippen molar-refractivity contribution in [3.8, 4) is 11.8 Å². The smallest absolute Gasteiger partial charge is 0.258 e. The number of rotatable bonds is 2. The van der Waals surface area contributed by atoms with Crippen molar-refractivity contribution >= 4 is 11.3 Å². The molecule has 0 aliphatic heterocycles. The van der Waals surface area contributed by atoms with E-state index in [0.717, 1.165) is 11.1 Å². The Bertz CT molecular complexity index is 661. The Morgan fingerprint density at radius 3 is 2.26 bits per heavy atom. The van der Waals surface area contributed by atoms with Crippen molar-refractivity contribution in [2.45, 2.75) is 0 Å². The highest BCUT2D eigenvalue weighted by molar-refractivity contribution is 5.78. The van der Waals surface area contributed by atoms with Crippen molar-refractivity contribution in [1.82, 2.24) is 0 Å². The van der Waals surface area contributed by atoms with Crippen molar-refractivity contribution in [2.75, 3.05) is 0 Å². The minimum atomic E-state index is -0.428. The molecule has 0 atom stereocenters. The molecular formula is C16H11NO2. The molecule has 0 heterocycles. The maximum Gasteiger partial charge on any atom is 0.269 e. The van der Waals surface area contributed by atoms with Crippen LogP contribution in [0.3, 0.4) is 0 Å². The highest BCUT2D eigenvalue weighted by Gasteiger charge is 2.04. The first-order valence-corrected chi connectivity index (χ1v) is 5.67. The van der Waals surface area contributed by atoms with Gasteiger partial charge in [0, 0.05) is 23.3 Å². The summed E-state index contributed by atoms with van der Waals surface area (Å²) in [6, 6.07) is 15.8.